The lowest BCUT2D eigenvalue weighted by atomic mass is 9.90. The number of carbonyl (C=O) groups excluding carboxylic acids is 2. The summed E-state index contributed by atoms with van der Waals surface area (Å²) in [6, 6.07) is 5.41. The lowest BCUT2D eigenvalue weighted by molar-refractivity contribution is -0.142. The second-order valence-corrected chi connectivity index (χ2v) is 8.15. The predicted molar refractivity (Wildman–Crippen MR) is 105 cm³/mol. The van der Waals surface area contributed by atoms with Crippen LogP contribution >= 0.6 is 0 Å². The highest BCUT2D eigenvalue weighted by molar-refractivity contribution is 5.83. The lowest BCUT2D eigenvalue weighted by Crippen LogP contribution is -2.46. The number of likely N-dealkylation sites (tertiary alicyclic amines) is 1. The molecule has 2 amide bonds. The van der Waals surface area contributed by atoms with Crippen LogP contribution < -0.4 is 14.8 Å². The maximum atomic E-state index is 12.7. The zero-order chi connectivity index (χ0) is 20.2. The van der Waals surface area contributed by atoms with Gasteiger partial charge in [0.15, 0.2) is 0 Å². The van der Waals surface area contributed by atoms with Crippen molar-refractivity contribution >= 4 is 11.8 Å². The van der Waals surface area contributed by atoms with Gasteiger partial charge >= 0.3 is 0 Å². The molecule has 1 aromatic carbocycles. The summed E-state index contributed by atoms with van der Waals surface area (Å²) in [4.78, 5) is 27.0. The van der Waals surface area contributed by atoms with Crippen LogP contribution in [0.1, 0.15) is 52.1 Å². The second kappa shape index (κ2) is 8.63. The Hall–Kier alpha value is -2.24. The first kappa shape index (κ1) is 21.1. The number of hydrogen-bond acceptors (Lipinski definition) is 4. The molecule has 0 spiro atoms. The minimum absolute atomic E-state index is 0.0308. The molecule has 0 aromatic heterocycles. The fraction of sp³-hybridized carbons (Fsp3) is 0.619. The number of hydrogen-bond donors (Lipinski definition) is 1. The average Bonchev–Trinajstić information content (AvgIpc) is 2.66. The first-order chi connectivity index (χ1) is 12.7. The highest BCUT2D eigenvalue weighted by atomic mass is 16.5. The third-order valence-corrected chi connectivity index (χ3v) is 5.06. The standard InChI is InChI=1S/C21H32N2O4/c1-14(17-8-7-16(26-5)13-18(17)27-6)22-19(24)15-9-11-23(12-10-15)20(25)21(2,3)4/h7-8,13-15H,9-12H2,1-6H3,(H,22,24). The van der Waals surface area contributed by atoms with Gasteiger partial charge in [0.1, 0.15) is 11.5 Å². The van der Waals surface area contributed by atoms with Crippen molar-refractivity contribution in [3.63, 3.8) is 0 Å². The fourth-order valence-corrected chi connectivity index (χ4v) is 3.40. The van der Waals surface area contributed by atoms with Crippen LogP contribution in [-0.4, -0.2) is 44.0 Å². The SMILES string of the molecule is COc1ccc(C(C)NC(=O)C2CCN(C(=O)C(C)(C)C)CC2)c(OC)c1. The average molecular weight is 376 g/mol. The Labute approximate surface area is 162 Å². The van der Waals surface area contributed by atoms with Crippen LogP contribution in [0.4, 0.5) is 0 Å². The van der Waals surface area contributed by atoms with Crippen LogP contribution in [0.2, 0.25) is 0 Å². The molecule has 1 atom stereocenters. The van der Waals surface area contributed by atoms with E-state index in [0.717, 1.165) is 5.56 Å². The molecule has 1 unspecified atom stereocenters. The van der Waals surface area contributed by atoms with Gasteiger partial charge in [-0.3, -0.25) is 9.59 Å². The van der Waals surface area contributed by atoms with Gasteiger partial charge in [-0.15, -0.1) is 0 Å². The first-order valence-corrected chi connectivity index (χ1v) is 9.49. The number of methoxy groups -OCH3 is 2. The molecule has 0 saturated carbocycles. The van der Waals surface area contributed by atoms with Crippen LogP contribution in [0, 0.1) is 11.3 Å². The van der Waals surface area contributed by atoms with Gasteiger partial charge in [-0.1, -0.05) is 20.8 Å². The van der Waals surface area contributed by atoms with Crippen molar-refractivity contribution in [2.24, 2.45) is 11.3 Å². The fourth-order valence-electron chi connectivity index (χ4n) is 3.40. The van der Waals surface area contributed by atoms with Crippen molar-refractivity contribution in [1.29, 1.82) is 0 Å². The zero-order valence-corrected chi connectivity index (χ0v) is 17.3. The highest BCUT2D eigenvalue weighted by Crippen LogP contribution is 2.30. The Kier molecular flexibility index (Phi) is 6.73. The number of amides is 2. The summed E-state index contributed by atoms with van der Waals surface area (Å²) in [5.41, 5.74) is 0.529. The molecule has 0 aliphatic carbocycles. The summed E-state index contributed by atoms with van der Waals surface area (Å²) in [6.45, 7) is 9.00. The van der Waals surface area contributed by atoms with E-state index in [0.29, 0.717) is 37.4 Å². The van der Waals surface area contributed by atoms with E-state index in [2.05, 4.69) is 5.32 Å². The predicted octanol–water partition coefficient (Wildman–Crippen LogP) is 3.17. The van der Waals surface area contributed by atoms with Gasteiger partial charge in [0.25, 0.3) is 0 Å². The molecular formula is C21H32N2O4. The monoisotopic (exact) mass is 376 g/mol. The summed E-state index contributed by atoms with van der Waals surface area (Å²) in [5.74, 6) is 1.51. The Balaban J connectivity index is 1.95. The summed E-state index contributed by atoms with van der Waals surface area (Å²) in [6.07, 6.45) is 1.39. The molecule has 6 nitrogen and oxygen atoms in total. The minimum atomic E-state index is -0.380. The van der Waals surface area contributed by atoms with Crippen LogP contribution in [0.5, 0.6) is 11.5 Å². The molecule has 1 heterocycles. The van der Waals surface area contributed by atoms with Gasteiger partial charge in [-0.2, -0.15) is 0 Å². The van der Waals surface area contributed by atoms with E-state index in [1.54, 1.807) is 14.2 Å². The van der Waals surface area contributed by atoms with Crippen molar-refractivity contribution in [2.75, 3.05) is 27.3 Å². The largest absolute Gasteiger partial charge is 0.497 e. The number of ether oxygens (including phenoxy) is 2. The molecule has 27 heavy (non-hydrogen) atoms. The number of piperidine rings is 1. The van der Waals surface area contributed by atoms with E-state index < -0.39 is 0 Å². The van der Waals surface area contributed by atoms with Gasteiger partial charge in [-0.05, 0) is 31.9 Å². The van der Waals surface area contributed by atoms with Gasteiger partial charge in [0.05, 0.1) is 20.3 Å². The van der Waals surface area contributed by atoms with E-state index in [9.17, 15) is 9.59 Å². The van der Waals surface area contributed by atoms with Gasteiger partial charge in [0.2, 0.25) is 11.8 Å². The lowest BCUT2D eigenvalue weighted by Gasteiger charge is -2.35. The third-order valence-electron chi connectivity index (χ3n) is 5.06. The quantitative estimate of drug-likeness (QED) is 0.857. The van der Waals surface area contributed by atoms with Gasteiger partial charge in [0, 0.05) is 36.1 Å². The van der Waals surface area contributed by atoms with E-state index in [1.165, 1.54) is 0 Å². The summed E-state index contributed by atoms with van der Waals surface area (Å²) in [7, 11) is 3.21. The molecule has 0 radical (unpaired) electrons. The Bertz CT molecular complexity index is 673. The number of nitrogens with one attached hydrogen (secondary N) is 1. The maximum absolute atomic E-state index is 12.7. The van der Waals surface area contributed by atoms with Crippen molar-refractivity contribution in [1.82, 2.24) is 10.2 Å². The van der Waals surface area contributed by atoms with Crippen molar-refractivity contribution in [2.45, 2.75) is 46.6 Å². The van der Waals surface area contributed by atoms with E-state index in [1.807, 2.05) is 50.8 Å². The van der Waals surface area contributed by atoms with Crippen LogP contribution in [0.15, 0.2) is 18.2 Å². The van der Waals surface area contributed by atoms with Crippen molar-refractivity contribution in [3.8, 4) is 11.5 Å². The summed E-state index contributed by atoms with van der Waals surface area (Å²) < 4.78 is 10.7. The van der Waals surface area contributed by atoms with Gasteiger partial charge < -0.3 is 19.7 Å². The topological polar surface area (TPSA) is 67.9 Å². The molecule has 1 N–H and O–H groups in total. The smallest absolute Gasteiger partial charge is 0.227 e. The van der Waals surface area contributed by atoms with Crippen molar-refractivity contribution < 1.29 is 19.1 Å². The summed E-state index contributed by atoms with van der Waals surface area (Å²) in [5, 5.41) is 3.09. The molecular weight excluding hydrogens is 344 g/mol. The van der Waals surface area contributed by atoms with Crippen molar-refractivity contribution in [3.05, 3.63) is 23.8 Å². The molecule has 1 fully saturated rings. The zero-order valence-electron chi connectivity index (χ0n) is 17.3. The second-order valence-electron chi connectivity index (χ2n) is 8.15. The molecule has 0 bridgehead atoms. The van der Waals surface area contributed by atoms with Crippen LogP contribution in [-0.2, 0) is 9.59 Å². The first-order valence-electron chi connectivity index (χ1n) is 9.49. The molecule has 1 aliphatic rings. The van der Waals surface area contributed by atoms with E-state index in [4.69, 9.17) is 9.47 Å². The van der Waals surface area contributed by atoms with E-state index >= 15 is 0 Å². The maximum Gasteiger partial charge on any atom is 0.227 e. The molecule has 1 aromatic rings. The number of carbonyl (C=O) groups is 2. The number of rotatable bonds is 5. The highest BCUT2D eigenvalue weighted by Gasteiger charge is 2.32. The van der Waals surface area contributed by atoms with Gasteiger partial charge in [-0.25, -0.2) is 0 Å². The van der Waals surface area contributed by atoms with Crippen LogP contribution in [0.3, 0.4) is 0 Å². The normalized spacial score (nSPS) is 16.6. The van der Waals surface area contributed by atoms with E-state index in [-0.39, 0.29) is 29.2 Å². The Morgan fingerprint density at radius 2 is 1.78 bits per heavy atom. The summed E-state index contributed by atoms with van der Waals surface area (Å²) >= 11 is 0. The Morgan fingerprint density at radius 3 is 2.30 bits per heavy atom. The number of benzene rings is 1. The minimum Gasteiger partial charge on any atom is -0.497 e. The van der Waals surface area contributed by atoms with Crippen LogP contribution in [0.25, 0.3) is 0 Å². The molecule has 1 saturated heterocycles. The Morgan fingerprint density at radius 1 is 1.15 bits per heavy atom. The molecule has 1 aliphatic heterocycles. The molecule has 150 valence electrons. The molecule has 6 heteroatoms. The molecule has 2 rings (SSSR count). The third kappa shape index (κ3) is 5.15. The number of nitrogens with zero attached hydrogens (tertiary/aromatic N) is 1.